The lowest BCUT2D eigenvalue weighted by Crippen LogP contribution is -2.53. The molecule has 0 saturated carbocycles. The fourth-order valence-corrected chi connectivity index (χ4v) is 2.67. The van der Waals surface area contributed by atoms with Crippen molar-refractivity contribution in [1.82, 2.24) is 10.2 Å². The zero-order valence-electron chi connectivity index (χ0n) is 12.2. The van der Waals surface area contributed by atoms with Crippen molar-refractivity contribution in [3.63, 3.8) is 0 Å². The van der Waals surface area contributed by atoms with Crippen molar-refractivity contribution >= 4 is 12.0 Å². The van der Waals surface area contributed by atoms with E-state index < -0.39 is 11.4 Å². The highest BCUT2D eigenvalue weighted by Crippen LogP contribution is 2.35. The van der Waals surface area contributed by atoms with Gasteiger partial charge in [0, 0.05) is 19.6 Å². The molecule has 1 heterocycles. The normalized spacial score (nSPS) is 23.5. The molecular formula is C14H26N2O3. The molecule has 1 saturated heterocycles. The number of carbonyl (C=O) groups excluding carboxylic acids is 1. The maximum absolute atomic E-state index is 12.0. The number of piperidine rings is 1. The minimum atomic E-state index is -0.768. The van der Waals surface area contributed by atoms with Crippen molar-refractivity contribution in [2.45, 2.75) is 46.5 Å². The first-order valence-electron chi connectivity index (χ1n) is 7.17. The van der Waals surface area contributed by atoms with Gasteiger partial charge >= 0.3 is 12.0 Å². The number of carboxylic acids is 1. The fraction of sp³-hybridized carbons (Fsp3) is 0.857. The molecule has 2 amide bonds. The first kappa shape index (κ1) is 15.8. The second-order valence-corrected chi connectivity index (χ2v) is 5.94. The first-order chi connectivity index (χ1) is 8.91. The van der Waals surface area contributed by atoms with Gasteiger partial charge in [0.25, 0.3) is 0 Å². The maximum atomic E-state index is 12.0. The Morgan fingerprint density at radius 2 is 2.11 bits per heavy atom. The molecule has 0 radical (unpaired) electrons. The molecule has 0 aliphatic carbocycles. The molecule has 5 heteroatoms. The van der Waals surface area contributed by atoms with E-state index in [0.29, 0.717) is 38.4 Å². The van der Waals surface area contributed by atoms with Crippen LogP contribution in [0.2, 0.25) is 0 Å². The van der Waals surface area contributed by atoms with Gasteiger partial charge in [0.05, 0.1) is 5.41 Å². The van der Waals surface area contributed by atoms with Crippen molar-refractivity contribution in [2.24, 2.45) is 11.3 Å². The predicted molar refractivity (Wildman–Crippen MR) is 74.0 cm³/mol. The standard InChI is InChI=1S/C14H26N2O3/c1-4-6-14(12(17)18)7-5-8-16(10-14)13(19)15-9-11(2)3/h11H,4-10H2,1-3H3,(H,15,19)(H,17,18). The van der Waals surface area contributed by atoms with Crippen LogP contribution in [-0.4, -0.2) is 41.6 Å². The van der Waals surface area contributed by atoms with Gasteiger partial charge in [-0.05, 0) is 25.2 Å². The average Bonchev–Trinajstić information content (AvgIpc) is 2.36. The molecule has 0 aromatic rings. The second-order valence-electron chi connectivity index (χ2n) is 5.94. The summed E-state index contributed by atoms with van der Waals surface area (Å²) in [5, 5.41) is 12.3. The number of urea groups is 1. The zero-order valence-corrected chi connectivity index (χ0v) is 12.2. The summed E-state index contributed by atoms with van der Waals surface area (Å²) in [5.41, 5.74) is -0.748. The molecule has 0 aromatic heterocycles. The summed E-state index contributed by atoms with van der Waals surface area (Å²) < 4.78 is 0. The molecule has 1 aliphatic rings. The van der Waals surface area contributed by atoms with E-state index in [0.717, 1.165) is 12.8 Å². The Bertz CT molecular complexity index is 327. The second kappa shape index (κ2) is 6.78. The van der Waals surface area contributed by atoms with E-state index in [-0.39, 0.29) is 6.03 Å². The third kappa shape index (κ3) is 4.11. The van der Waals surface area contributed by atoms with Crippen LogP contribution in [0.4, 0.5) is 4.79 Å². The number of amides is 2. The third-order valence-corrected chi connectivity index (χ3v) is 3.71. The van der Waals surface area contributed by atoms with E-state index in [4.69, 9.17) is 0 Å². The molecule has 0 bridgehead atoms. The van der Waals surface area contributed by atoms with Crippen LogP contribution >= 0.6 is 0 Å². The van der Waals surface area contributed by atoms with E-state index in [1.54, 1.807) is 4.90 Å². The minimum absolute atomic E-state index is 0.130. The Kier molecular flexibility index (Phi) is 5.63. The number of aliphatic carboxylic acids is 1. The Hall–Kier alpha value is -1.26. The summed E-state index contributed by atoms with van der Waals surface area (Å²) in [4.78, 5) is 25.2. The van der Waals surface area contributed by atoms with E-state index in [2.05, 4.69) is 5.32 Å². The largest absolute Gasteiger partial charge is 0.481 e. The average molecular weight is 270 g/mol. The van der Waals surface area contributed by atoms with E-state index in [1.165, 1.54) is 0 Å². The summed E-state index contributed by atoms with van der Waals surface area (Å²) in [6, 6.07) is -0.130. The van der Waals surface area contributed by atoms with Crippen molar-refractivity contribution in [2.75, 3.05) is 19.6 Å². The molecule has 1 aliphatic heterocycles. The quantitative estimate of drug-likeness (QED) is 0.805. The Morgan fingerprint density at radius 3 is 2.63 bits per heavy atom. The highest BCUT2D eigenvalue weighted by molar-refractivity contribution is 5.78. The van der Waals surface area contributed by atoms with E-state index in [9.17, 15) is 14.7 Å². The highest BCUT2D eigenvalue weighted by Gasteiger charge is 2.42. The monoisotopic (exact) mass is 270 g/mol. The summed E-state index contributed by atoms with van der Waals surface area (Å²) >= 11 is 0. The fourth-order valence-electron chi connectivity index (χ4n) is 2.67. The van der Waals surface area contributed by atoms with Crippen molar-refractivity contribution in [3.8, 4) is 0 Å². The lowest BCUT2D eigenvalue weighted by molar-refractivity contribution is -0.152. The number of carbonyl (C=O) groups is 2. The van der Waals surface area contributed by atoms with Gasteiger partial charge in [0.1, 0.15) is 0 Å². The highest BCUT2D eigenvalue weighted by atomic mass is 16.4. The molecule has 2 N–H and O–H groups in total. The van der Waals surface area contributed by atoms with Crippen LogP contribution in [-0.2, 0) is 4.79 Å². The van der Waals surface area contributed by atoms with E-state index >= 15 is 0 Å². The Balaban J connectivity index is 2.66. The van der Waals surface area contributed by atoms with Crippen LogP contribution in [0.3, 0.4) is 0 Å². The summed E-state index contributed by atoms with van der Waals surface area (Å²) in [6.07, 6.45) is 2.90. The first-order valence-corrected chi connectivity index (χ1v) is 7.17. The summed E-state index contributed by atoms with van der Waals surface area (Å²) in [5.74, 6) is -0.371. The number of hydrogen-bond acceptors (Lipinski definition) is 2. The summed E-state index contributed by atoms with van der Waals surface area (Å²) in [6.45, 7) is 7.68. The van der Waals surface area contributed by atoms with Crippen LogP contribution in [0.15, 0.2) is 0 Å². The van der Waals surface area contributed by atoms with Crippen LogP contribution in [0.25, 0.3) is 0 Å². The van der Waals surface area contributed by atoms with Crippen molar-refractivity contribution in [1.29, 1.82) is 0 Å². The number of nitrogens with one attached hydrogen (secondary N) is 1. The van der Waals surface area contributed by atoms with Crippen LogP contribution in [0.5, 0.6) is 0 Å². The van der Waals surface area contributed by atoms with Crippen LogP contribution < -0.4 is 5.32 Å². The lowest BCUT2D eigenvalue weighted by Gasteiger charge is -2.39. The van der Waals surface area contributed by atoms with Gasteiger partial charge in [0.2, 0.25) is 0 Å². The molecule has 0 aromatic carbocycles. The van der Waals surface area contributed by atoms with Crippen molar-refractivity contribution in [3.05, 3.63) is 0 Å². The van der Waals surface area contributed by atoms with Gasteiger partial charge in [0.15, 0.2) is 0 Å². The van der Waals surface area contributed by atoms with Crippen LogP contribution in [0.1, 0.15) is 46.5 Å². The molecule has 1 atom stereocenters. The molecule has 1 rings (SSSR count). The third-order valence-electron chi connectivity index (χ3n) is 3.71. The topological polar surface area (TPSA) is 69.6 Å². The zero-order chi connectivity index (χ0) is 14.5. The van der Waals surface area contributed by atoms with Crippen molar-refractivity contribution < 1.29 is 14.7 Å². The maximum Gasteiger partial charge on any atom is 0.317 e. The Morgan fingerprint density at radius 1 is 1.42 bits per heavy atom. The van der Waals surface area contributed by atoms with Gasteiger partial charge in [-0.3, -0.25) is 4.79 Å². The molecule has 110 valence electrons. The van der Waals surface area contributed by atoms with Gasteiger partial charge < -0.3 is 15.3 Å². The summed E-state index contributed by atoms with van der Waals surface area (Å²) in [7, 11) is 0. The van der Waals surface area contributed by atoms with Gasteiger partial charge in [-0.2, -0.15) is 0 Å². The molecular weight excluding hydrogens is 244 g/mol. The minimum Gasteiger partial charge on any atom is -0.481 e. The molecule has 0 spiro atoms. The van der Waals surface area contributed by atoms with E-state index in [1.807, 2.05) is 20.8 Å². The Labute approximate surface area is 115 Å². The number of carboxylic acid groups (broad SMARTS) is 1. The lowest BCUT2D eigenvalue weighted by atomic mass is 9.76. The van der Waals surface area contributed by atoms with Gasteiger partial charge in [-0.15, -0.1) is 0 Å². The molecule has 5 nitrogen and oxygen atoms in total. The van der Waals surface area contributed by atoms with Gasteiger partial charge in [-0.1, -0.05) is 27.2 Å². The molecule has 1 fully saturated rings. The number of nitrogens with zero attached hydrogens (tertiary/aromatic N) is 1. The van der Waals surface area contributed by atoms with Crippen LogP contribution in [0, 0.1) is 11.3 Å². The number of rotatable bonds is 5. The predicted octanol–water partition coefficient (Wildman–Crippen LogP) is 2.32. The SMILES string of the molecule is CCCC1(C(=O)O)CCCN(C(=O)NCC(C)C)C1. The smallest absolute Gasteiger partial charge is 0.317 e. The number of likely N-dealkylation sites (tertiary alicyclic amines) is 1. The number of hydrogen-bond donors (Lipinski definition) is 2. The molecule has 1 unspecified atom stereocenters. The molecule has 19 heavy (non-hydrogen) atoms. The van der Waals surface area contributed by atoms with Gasteiger partial charge in [-0.25, -0.2) is 4.79 Å².